The maximum absolute atomic E-state index is 12.6. The van der Waals surface area contributed by atoms with E-state index < -0.39 is 0 Å². The number of carbonyl (C=O) groups is 1. The standard InChI is InChI=1S/C22H22ClN3O2/c1-15-2-4-16(5-3-15)14-20(27)26-12-10-17(11-13-26)21-24-22(28-25-21)18-6-8-19(23)9-7-18/h2-9,17H,10-14H2,1H3. The van der Waals surface area contributed by atoms with Crippen molar-refractivity contribution in [2.24, 2.45) is 0 Å². The summed E-state index contributed by atoms with van der Waals surface area (Å²) in [6, 6.07) is 15.5. The maximum atomic E-state index is 12.6. The van der Waals surface area contributed by atoms with Crippen LogP contribution in [0.3, 0.4) is 0 Å². The molecule has 144 valence electrons. The fourth-order valence-electron chi connectivity index (χ4n) is 3.49. The van der Waals surface area contributed by atoms with Gasteiger partial charge in [-0.2, -0.15) is 4.98 Å². The zero-order valence-corrected chi connectivity index (χ0v) is 16.5. The Balaban J connectivity index is 1.34. The number of halogens is 1. The lowest BCUT2D eigenvalue weighted by Gasteiger charge is -2.30. The van der Waals surface area contributed by atoms with E-state index in [1.165, 1.54) is 5.56 Å². The zero-order chi connectivity index (χ0) is 19.5. The van der Waals surface area contributed by atoms with E-state index >= 15 is 0 Å². The first-order valence-electron chi connectivity index (χ1n) is 9.51. The quantitative estimate of drug-likeness (QED) is 0.645. The fraction of sp³-hybridized carbons (Fsp3) is 0.318. The van der Waals surface area contributed by atoms with Crippen molar-refractivity contribution in [1.82, 2.24) is 15.0 Å². The summed E-state index contributed by atoms with van der Waals surface area (Å²) in [5, 5.41) is 4.83. The summed E-state index contributed by atoms with van der Waals surface area (Å²) >= 11 is 5.92. The Labute approximate surface area is 169 Å². The molecule has 4 rings (SSSR count). The number of hydrogen-bond donors (Lipinski definition) is 0. The van der Waals surface area contributed by atoms with E-state index in [9.17, 15) is 4.79 Å². The summed E-state index contributed by atoms with van der Waals surface area (Å²) in [6.07, 6.45) is 2.15. The second-order valence-corrected chi connectivity index (χ2v) is 7.72. The van der Waals surface area contributed by atoms with Gasteiger partial charge in [-0.05, 0) is 49.6 Å². The lowest BCUT2D eigenvalue weighted by Crippen LogP contribution is -2.39. The molecular formula is C22H22ClN3O2. The van der Waals surface area contributed by atoms with Gasteiger partial charge in [0.2, 0.25) is 5.91 Å². The number of nitrogens with zero attached hydrogens (tertiary/aromatic N) is 3. The third-order valence-corrected chi connectivity index (χ3v) is 5.47. The third kappa shape index (κ3) is 4.25. The monoisotopic (exact) mass is 395 g/mol. The molecule has 6 heteroatoms. The summed E-state index contributed by atoms with van der Waals surface area (Å²) in [5.74, 6) is 1.62. The normalized spacial score (nSPS) is 15.0. The van der Waals surface area contributed by atoms with Gasteiger partial charge in [-0.3, -0.25) is 4.79 Å². The molecule has 1 aromatic heterocycles. The minimum atomic E-state index is 0.178. The van der Waals surface area contributed by atoms with Crippen molar-refractivity contribution in [1.29, 1.82) is 0 Å². The van der Waals surface area contributed by atoms with Crippen LogP contribution in [0.5, 0.6) is 0 Å². The minimum Gasteiger partial charge on any atom is -0.342 e. The minimum absolute atomic E-state index is 0.178. The molecule has 1 saturated heterocycles. The van der Waals surface area contributed by atoms with Crippen LogP contribution in [0.2, 0.25) is 5.02 Å². The van der Waals surface area contributed by atoms with Gasteiger partial charge in [-0.15, -0.1) is 0 Å². The van der Waals surface area contributed by atoms with Crippen LogP contribution in [0.4, 0.5) is 0 Å². The highest BCUT2D eigenvalue weighted by molar-refractivity contribution is 6.30. The number of rotatable bonds is 4. The van der Waals surface area contributed by atoms with Crippen LogP contribution in [0.25, 0.3) is 11.5 Å². The molecule has 5 nitrogen and oxygen atoms in total. The largest absolute Gasteiger partial charge is 0.342 e. The van der Waals surface area contributed by atoms with Crippen LogP contribution < -0.4 is 0 Å². The Morgan fingerprint density at radius 2 is 1.79 bits per heavy atom. The predicted octanol–water partition coefficient (Wildman–Crippen LogP) is 4.65. The molecule has 1 fully saturated rings. The number of piperidine rings is 1. The highest BCUT2D eigenvalue weighted by Crippen LogP contribution is 2.28. The van der Waals surface area contributed by atoms with Crippen molar-refractivity contribution < 1.29 is 9.32 Å². The second kappa shape index (κ2) is 8.15. The summed E-state index contributed by atoms with van der Waals surface area (Å²) in [4.78, 5) is 19.1. The van der Waals surface area contributed by atoms with Crippen LogP contribution in [0.15, 0.2) is 53.1 Å². The lowest BCUT2D eigenvalue weighted by molar-refractivity contribution is -0.131. The Morgan fingerprint density at radius 3 is 2.46 bits per heavy atom. The molecule has 0 bridgehead atoms. The molecule has 1 aliphatic rings. The molecule has 28 heavy (non-hydrogen) atoms. The van der Waals surface area contributed by atoms with E-state index in [4.69, 9.17) is 16.1 Å². The van der Waals surface area contributed by atoms with Gasteiger partial charge in [0.05, 0.1) is 6.42 Å². The summed E-state index contributed by atoms with van der Waals surface area (Å²) < 4.78 is 5.42. The van der Waals surface area contributed by atoms with Crippen LogP contribution in [-0.2, 0) is 11.2 Å². The van der Waals surface area contributed by atoms with Crippen LogP contribution in [-0.4, -0.2) is 34.0 Å². The highest BCUT2D eigenvalue weighted by Gasteiger charge is 2.27. The number of amides is 1. The van der Waals surface area contributed by atoms with E-state index in [0.29, 0.717) is 17.3 Å². The second-order valence-electron chi connectivity index (χ2n) is 7.28. The highest BCUT2D eigenvalue weighted by atomic mass is 35.5. The zero-order valence-electron chi connectivity index (χ0n) is 15.8. The van der Waals surface area contributed by atoms with Crippen molar-refractivity contribution in [3.8, 4) is 11.5 Å². The van der Waals surface area contributed by atoms with Crippen molar-refractivity contribution in [3.05, 3.63) is 70.5 Å². The average Bonchev–Trinajstić information content (AvgIpc) is 3.20. The lowest BCUT2D eigenvalue weighted by atomic mass is 9.95. The first kappa shape index (κ1) is 18.7. The van der Waals surface area contributed by atoms with Crippen molar-refractivity contribution in [2.45, 2.75) is 32.1 Å². The predicted molar refractivity (Wildman–Crippen MR) is 108 cm³/mol. The van der Waals surface area contributed by atoms with Crippen LogP contribution in [0.1, 0.15) is 35.7 Å². The van der Waals surface area contributed by atoms with Gasteiger partial charge in [0.25, 0.3) is 5.89 Å². The molecule has 3 aromatic rings. The van der Waals surface area contributed by atoms with E-state index in [0.717, 1.165) is 42.9 Å². The van der Waals surface area contributed by atoms with E-state index in [1.54, 1.807) is 12.1 Å². The molecule has 0 unspecified atom stereocenters. The number of carbonyl (C=O) groups excluding carboxylic acids is 1. The first-order chi connectivity index (χ1) is 13.6. The fourth-order valence-corrected chi connectivity index (χ4v) is 3.62. The molecule has 0 spiro atoms. The summed E-state index contributed by atoms with van der Waals surface area (Å²) in [7, 11) is 0. The van der Waals surface area contributed by atoms with E-state index in [-0.39, 0.29) is 11.8 Å². The molecule has 1 amide bonds. The maximum Gasteiger partial charge on any atom is 0.257 e. The summed E-state index contributed by atoms with van der Waals surface area (Å²) in [5.41, 5.74) is 3.12. The van der Waals surface area contributed by atoms with Crippen molar-refractivity contribution in [3.63, 3.8) is 0 Å². The molecule has 1 aliphatic heterocycles. The average molecular weight is 396 g/mol. The topological polar surface area (TPSA) is 59.2 Å². The molecule has 2 aromatic carbocycles. The Kier molecular flexibility index (Phi) is 5.44. The molecule has 0 saturated carbocycles. The molecule has 0 radical (unpaired) electrons. The van der Waals surface area contributed by atoms with E-state index in [2.05, 4.69) is 10.1 Å². The van der Waals surface area contributed by atoms with Crippen molar-refractivity contribution >= 4 is 17.5 Å². The van der Waals surface area contributed by atoms with Gasteiger partial charge in [-0.25, -0.2) is 0 Å². The van der Waals surface area contributed by atoms with Gasteiger partial charge in [0, 0.05) is 29.6 Å². The molecular weight excluding hydrogens is 374 g/mol. The van der Waals surface area contributed by atoms with Gasteiger partial charge >= 0.3 is 0 Å². The van der Waals surface area contributed by atoms with E-state index in [1.807, 2.05) is 48.2 Å². The Hall–Kier alpha value is -2.66. The molecule has 0 aliphatic carbocycles. The number of aryl methyl sites for hydroxylation is 1. The molecule has 0 N–H and O–H groups in total. The van der Waals surface area contributed by atoms with Gasteiger partial charge in [-0.1, -0.05) is 46.6 Å². The van der Waals surface area contributed by atoms with Crippen molar-refractivity contribution in [2.75, 3.05) is 13.1 Å². The van der Waals surface area contributed by atoms with Crippen LogP contribution in [0, 0.1) is 6.92 Å². The smallest absolute Gasteiger partial charge is 0.257 e. The van der Waals surface area contributed by atoms with Gasteiger partial charge in [0.15, 0.2) is 5.82 Å². The Morgan fingerprint density at radius 1 is 1.11 bits per heavy atom. The Bertz CT molecular complexity index is 943. The number of aromatic nitrogens is 2. The molecule has 0 atom stereocenters. The van der Waals surface area contributed by atoms with Gasteiger partial charge < -0.3 is 9.42 Å². The number of benzene rings is 2. The summed E-state index contributed by atoms with van der Waals surface area (Å²) in [6.45, 7) is 3.49. The molecule has 2 heterocycles. The van der Waals surface area contributed by atoms with Gasteiger partial charge in [0.1, 0.15) is 0 Å². The van der Waals surface area contributed by atoms with Crippen LogP contribution >= 0.6 is 11.6 Å². The first-order valence-corrected chi connectivity index (χ1v) is 9.89. The third-order valence-electron chi connectivity index (χ3n) is 5.22. The number of likely N-dealkylation sites (tertiary alicyclic amines) is 1. The SMILES string of the molecule is Cc1ccc(CC(=O)N2CCC(c3noc(-c4ccc(Cl)cc4)n3)CC2)cc1. The number of hydrogen-bond acceptors (Lipinski definition) is 4.